The lowest BCUT2D eigenvalue weighted by Gasteiger charge is -2.06. The molecule has 0 bridgehead atoms. The maximum absolute atomic E-state index is 13.6. The number of aryl methyl sites for hydroxylation is 1. The zero-order valence-corrected chi connectivity index (χ0v) is 12.1. The Morgan fingerprint density at radius 3 is 2.62 bits per heavy atom. The van der Waals surface area contributed by atoms with Crippen LogP contribution in [0, 0.1) is 12.7 Å². The third-order valence-electron chi connectivity index (χ3n) is 2.66. The molecule has 2 aromatic rings. The van der Waals surface area contributed by atoms with Gasteiger partial charge in [-0.2, -0.15) is 0 Å². The van der Waals surface area contributed by atoms with Crippen LogP contribution >= 0.6 is 11.6 Å². The smallest absolute Gasteiger partial charge is 0.337 e. The molecular formula is C11H8ClFN2O5S. The highest BCUT2D eigenvalue weighted by Gasteiger charge is 2.24. The van der Waals surface area contributed by atoms with E-state index in [0.717, 1.165) is 6.07 Å². The second-order valence-electron chi connectivity index (χ2n) is 4.13. The van der Waals surface area contributed by atoms with Gasteiger partial charge in [0.25, 0.3) is 0 Å². The number of halogens is 2. The average molecular weight is 335 g/mol. The van der Waals surface area contributed by atoms with Gasteiger partial charge in [-0.1, -0.05) is 21.9 Å². The fourth-order valence-corrected chi connectivity index (χ4v) is 3.10. The minimum atomic E-state index is -4.03. The molecule has 0 fully saturated rings. The van der Waals surface area contributed by atoms with Gasteiger partial charge in [0.1, 0.15) is 23.0 Å². The summed E-state index contributed by atoms with van der Waals surface area (Å²) in [5.74, 6) is -3.26. The van der Waals surface area contributed by atoms with E-state index in [-0.39, 0.29) is 11.4 Å². The third-order valence-corrected chi connectivity index (χ3v) is 4.66. The van der Waals surface area contributed by atoms with Gasteiger partial charge >= 0.3 is 5.97 Å². The number of nitrogens with zero attached hydrogens (tertiary/aromatic N) is 2. The van der Waals surface area contributed by atoms with Gasteiger partial charge in [-0.3, -0.25) is 0 Å². The van der Waals surface area contributed by atoms with Gasteiger partial charge in [-0.05, 0) is 19.1 Å². The van der Waals surface area contributed by atoms with Crippen molar-refractivity contribution in [2.45, 2.75) is 17.6 Å². The SMILES string of the molecule is Cc1nonc1CS(=O)(=O)c1cc(F)c(Cl)c(C(=O)O)c1. The number of hydrogen-bond acceptors (Lipinski definition) is 6. The number of sulfone groups is 1. The van der Waals surface area contributed by atoms with Crippen molar-refractivity contribution in [1.29, 1.82) is 0 Å². The Morgan fingerprint density at radius 1 is 1.43 bits per heavy atom. The van der Waals surface area contributed by atoms with Gasteiger partial charge in [0, 0.05) is 0 Å². The maximum atomic E-state index is 13.6. The molecule has 0 atom stereocenters. The molecule has 2 rings (SSSR count). The van der Waals surface area contributed by atoms with E-state index in [1.54, 1.807) is 0 Å². The molecule has 0 aliphatic carbocycles. The zero-order chi connectivity index (χ0) is 15.8. The number of rotatable bonds is 4. The molecule has 0 saturated heterocycles. The number of aromatic nitrogens is 2. The summed E-state index contributed by atoms with van der Waals surface area (Å²) in [6, 6.07) is 1.46. The maximum Gasteiger partial charge on any atom is 0.337 e. The summed E-state index contributed by atoms with van der Waals surface area (Å²) < 4.78 is 42.3. The van der Waals surface area contributed by atoms with Gasteiger partial charge < -0.3 is 5.11 Å². The summed E-state index contributed by atoms with van der Waals surface area (Å²) in [5, 5.41) is 15.1. The number of carboxylic acid groups (broad SMARTS) is 1. The molecule has 0 radical (unpaired) electrons. The molecule has 0 aliphatic heterocycles. The lowest BCUT2D eigenvalue weighted by molar-refractivity contribution is 0.0696. The predicted molar refractivity (Wildman–Crippen MR) is 68.3 cm³/mol. The lowest BCUT2D eigenvalue weighted by atomic mass is 10.2. The number of aromatic carboxylic acids is 1. The van der Waals surface area contributed by atoms with E-state index in [0.29, 0.717) is 6.07 Å². The lowest BCUT2D eigenvalue weighted by Crippen LogP contribution is -2.09. The van der Waals surface area contributed by atoms with Crippen LogP contribution < -0.4 is 0 Å². The zero-order valence-electron chi connectivity index (χ0n) is 10.5. The normalized spacial score (nSPS) is 11.6. The van der Waals surface area contributed by atoms with Crippen LogP contribution in [0.1, 0.15) is 21.7 Å². The molecule has 0 unspecified atom stereocenters. The molecule has 1 aromatic heterocycles. The molecule has 112 valence electrons. The van der Waals surface area contributed by atoms with Crippen molar-refractivity contribution in [1.82, 2.24) is 10.3 Å². The summed E-state index contributed by atoms with van der Waals surface area (Å²) in [6.45, 7) is 1.49. The van der Waals surface area contributed by atoms with Gasteiger partial charge in [0.05, 0.1) is 15.5 Å². The molecule has 21 heavy (non-hydrogen) atoms. The van der Waals surface area contributed by atoms with E-state index < -0.39 is 42.9 Å². The van der Waals surface area contributed by atoms with E-state index >= 15 is 0 Å². The van der Waals surface area contributed by atoms with Crippen molar-refractivity contribution in [3.63, 3.8) is 0 Å². The largest absolute Gasteiger partial charge is 0.478 e. The Kier molecular flexibility index (Phi) is 3.97. The first-order valence-corrected chi connectivity index (χ1v) is 7.48. The van der Waals surface area contributed by atoms with Crippen LogP contribution in [0.4, 0.5) is 4.39 Å². The molecule has 1 N–H and O–H groups in total. The van der Waals surface area contributed by atoms with Gasteiger partial charge in [0.2, 0.25) is 0 Å². The predicted octanol–water partition coefficient (Wildman–Crippen LogP) is 1.84. The Morgan fingerprint density at radius 2 is 2.10 bits per heavy atom. The molecule has 0 saturated carbocycles. The topological polar surface area (TPSA) is 110 Å². The molecule has 7 nitrogen and oxygen atoms in total. The molecule has 1 aromatic carbocycles. The minimum absolute atomic E-state index is 0.0576. The number of benzene rings is 1. The van der Waals surface area contributed by atoms with Crippen molar-refractivity contribution in [3.05, 3.63) is 39.9 Å². The number of carbonyl (C=O) groups is 1. The second-order valence-corrected chi connectivity index (χ2v) is 6.49. The summed E-state index contributed by atoms with van der Waals surface area (Å²) in [5.41, 5.74) is -0.307. The number of hydrogen-bond donors (Lipinski definition) is 1. The Hall–Kier alpha value is -2.00. The molecule has 0 aliphatic rings. The van der Waals surface area contributed by atoms with Gasteiger partial charge in [-0.15, -0.1) is 0 Å². The molecule has 0 spiro atoms. The van der Waals surface area contributed by atoms with E-state index in [4.69, 9.17) is 16.7 Å². The van der Waals surface area contributed by atoms with E-state index in [1.807, 2.05) is 0 Å². The highest BCUT2D eigenvalue weighted by atomic mass is 35.5. The monoisotopic (exact) mass is 334 g/mol. The van der Waals surface area contributed by atoms with Crippen LogP contribution in [-0.4, -0.2) is 29.8 Å². The Bertz CT molecular complexity index is 818. The fraction of sp³-hybridized carbons (Fsp3) is 0.182. The summed E-state index contributed by atoms with van der Waals surface area (Å²) in [7, 11) is -4.03. The van der Waals surface area contributed by atoms with Crippen LogP contribution in [0.3, 0.4) is 0 Å². The Balaban J connectivity index is 2.50. The average Bonchev–Trinajstić information content (AvgIpc) is 2.77. The quantitative estimate of drug-likeness (QED) is 0.908. The van der Waals surface area contributed by atoms with Crippen molar-refractivity contribution < 1.29 is 27.3 Å². The van der Waals surface area contributed by atoms with Crippen molar-refractivity contribution in [2.24, 2.45) is 0 Å². The van der Waals surface area contributed by atoms with E-state index in [1.165, 1.54) is 6.92 Å². The van der Waals surface area contributed by atoms with Crippen LogP contribution in [0.5, 0.6) is 0 Å². The first kappa shape index (κ1) is 15.4. The van der Waals surface area contributed by atoms with Crippen molar-refractivity contribution >= 4 is 27.4 Å². The van der Waals surface area contributed by atoms with Crippen molar-refractivity contribution in [2.75, 3.05) is 0 Å². The van der Waals surface area contributed by atoms with Crippen LogP contribution in [-0.2, 0) is 15.6 Å². The summed E-state index contributed by atoms with van der Waals surface area (Å²) in [6.07, 6.45) is 0. The second kappa shape index (κ2) is 5.41. The van der Waals surface area contributed by atoms with Gasteiger partial charge in [0.15, 0.2) is 9.84 Å². The molecule has 0 amide bonds. The first-order valence-electron chi connectivity index (χ1n) is 5.45. The standard InChI is InChI=1S/C11H8ClFN2O5S/c1-5-9(15-20-14-5)4-21(18,19)6-2-7(11(16)17)10(12)8(13)3-6/h2-3H,4H2,1H3,(H,16,17). The number of carboxylic acids is 1. The van der Waals surface area contributed by atoms with E-state index in [9.17, 15) is 17.6 Å². The van der Waals surface area contributed by atoms with Crippen LogP contribution in [0.2, 0.25) is 5.02 Å². The van der Waals surface area contributed by atoms with Crippen LogP contribution in [0.15, 0.2) is 21.7 Å². The Labute approximate surface area is 123 Å². The van der Waals surface area contributed by atoms with Crippen LogP contribution in [0.25, 0.3) is 0 Å². The third kappa shape index (κ3) is 3.03. The van der Waals surface area contributed by atoms with E-state index in [2.05, 4.69) is 14.9 Å². The molecule has 1 heterocycles. The van der Waals surface area contributed by atoms with Crippen molar-refractivity contribution in [3.8, 4) is 0 Å². The molecular weight excluding hydrogens is 327 g/mol. The first-order chi connectivity index (χ1) is 9.72. The molecule has 10 heteroatoms. The minimum Gasteiger partial charge on any atom is -0.478 e. The summed E-state index contributed by atoms with van der Waals surface area (Å²) in [4.78, 5) is 10.4. The fourth-order valence-electron chi connectivity index (χ4n) is 1.54. The highest BCUT2D eigenvalue weighted by Crippen LogP contribution is 2.26. The highest BCUT2D eigenvalue weighted by molar-refractivity contribution is 7.90. The van der Waals surface area contributed by atoms with Gasteiger partial charge in [-0.25, -0.2) is 22.2 Å². The summed E-state index contributed by atoms with van der Waals surface area (Å²) >= 11 is 5.49.